The summed E-state index contributed by atoms with van der Waals surface area (Å²) < 4.78 is 7.09. The lowest BCUT2D eigenvalue weighted by molar-refractivity contribution is -0.146. The van der Waals surface area contributed by atoms with Crippen molar-refractivity contribution in [2.24, 2.45) is 5.92 Å². The van der Waals surface area contributed by atoms with Gasteiger partial charge < -0.3 is 14.2 Å². The van der Waals surface area contributed by atoms with Crippen LogP contribution in [0.4, 0.5) is 0 Å². The number of carbonyl (C=O) groups is 2. The molecule has 0 aliphatic rings. The van der Waals surface area contributed by atoms with Crippen LogP contribution in [0.25, 0.3) is 0 Å². The molecule has 29 heavy (non-hydrogen) atoms. The van der Waals surface area contributed by atoms with E-state index in [4.69, 9.17) is 16.3 Å². The molecule has 0 saturated carbocycles. The number of nitrogens with zero attached hydrogens (tertiary/aromatic N) is 2. The lowest BCUT2D eigenvalue weighted by Crippen LogP contribution is -2.41. The maximum Gasteiger partial charge on any atom is 0.306 e. The average molecular weight is 419 g/mol. The number of rotatable bonds is 10. The van der Waals surface area contributed by atoms with E-state index in [9.17, 15) is 9.59 Å². The highest BCUT2D eigenvalue weighted by atomic mass is 35.5. The second-order valence-electron chi connectivity index (χ2n) is 7.57. The van der Waals surface area contributed by atoms with Gasteiger partial charge in [0, 0.05) is 35.9 Å². The van der Waals surface area contributed by atoms with Crippen molar-refractivity contribution in [2.45, 2.75) is 59.7 Å². The van der Waals surface area contributed by atoms with Gasteiger partial charge in [0.1, 0.15) is 0 Å². The van der Waals surface area contributed by atoms with Crippen LogP contribution < -0.4 is 0 Å². The average Bonchev–Trinajstić information content (AvgIpc) is 3.10. The van der Waals surface area contributed by atoms with E-state index in [1.54, 1.807) is 6.92 Å². The number of ether oxygens (including phenoxy) is 1. The molecule has 158 valence electrons. The number of hydrogen-bond donors (Lipinski definition) is 0. The molecule has 1 amide bonds. The van der Waals surface area contributed by atoms with E-state index < -0.39 is 0 Å². The Bertz CT molecular complexity index is 816. The molecule has 0 fully saturated rings. The summed E-state index contributed by atoms with van der Waals surface area (Å²) in [5, 5.41) is 0.709. The number of esters is 1. The fourth-order valence-corrected chi connectivity index (χ4v) is 3.37. The molecule has 2 aromatic rings. The molecule has 0 unspecified atom stereocenters. The van der Waals surface area contributed by atoms with Crippen LogP contribution in [-0.4, -0.2) is 34.0 Å². The van der Waals surface area contributed by atoms with E-state index in [0.717, 1.165) is 11.3 Å². The molecule has 1 atom stereocenters. The second kappa shape index (κ2) is 11.1. The molecule has 0 aliphatic heterocycles. The molecular formula is C23H31ClN2O3. The van der Waals surface area contributed by atoms with Gasteiger partial charge in [-0.15, -0.1) is 0 Å². The number of halogens is 1. The fourth-order valence-electron chi connectivity index (χ4n) is 3.16. The van der Waals surface area contributed by atoms with Gasteiger partial charge in [-0.1, -0.05) is 37.6 Å². The third kappa shape index (κ3) is 6.93. The van der Waals surface area contributed by atoms with Crippen LogP contribution in [0.3, 0.4) is 0 Å². The first-order valence-corrected chi connectivity index (χ1v) is 10.5. The van der Waals surface area contributed by atoms with Crippen molar-refractivity contribution >= 4 is 23.5 Å². The van der Waals surface area contributed by atoms with Gasteiger partial charge in [-0.2, -0.15) is 0 Å². The molecule has 6 heteroatoms. The molecule has 0 spiro atoms. The van der Waals surface area contributed by atoms with Gasteiger partial charge >= 0.3 is 5.97 Å². The van der Waals surface area contributed by atoms with Crippen molar-refractivity contribution in [3.8, 4) is 0 Å². The minimum absolute atomic E-state index is 0.0326. The summed E-state index contributed by atoms with van der Waals surface area (Å²) in [7, 11) is 0. The van der Waals surface area contributed by atoms with E-state index in [1.165, 1.54) is 0 Å². The van der Waals surface area contributed by atoms with E-state index in [1.807, 2.05) is 47.5 Å². The SMILES string of the molecule is CCOC(=O)CCC(=O)N(Cc1cccn1Cc1cccc(Cl)c1)[C@@H](C)C(C)C. The summed E-state index contributed by atoms with van der Waals surface area (Å²) in [4.78, 5) is 26.5. The third-order valence-electron chi connectivity index (χ3n) is 5.12. The zero-order chi connectivity index (χ0) is 21.4. The third-order valence-corrected chi connectivity index (χ3v) is 5.36. The summed E-state index contributed by atoms with van der Waals surface area (Å²) in [6.07, 6.45) is 2.28. The molecule has 5 nitrogen and oxygen atoms in total. The Morgan fingerprint density at radius 2 is 1.90 bits per heavy atom. The van der Waals surface area contributed by atoms with Crippen LogP contribution in [0.2, 0.25) is 5.02 Å². The van der Waals surface area contributed by atoms with Crippen LogP contribution in [-0.2, 0) is 27.4 Å². The standard InChI is InChI=1S/C23H31ClN2O3/c1-5-29-23(28)12-11-22(27)26(18(4)17(2)3)16-21-10-7-13-25(21)15-19-8-6-9-20(24)14-19/h6-10,13-14,17-18H,5,11-12,15-16H2,1-4H3/t18-/m0/s1. The number of aromatic nitrogens is 1. The summed E-state index contributed by atoms with van der Waals surface area (Å²) >= 11 is 6.11. The highest BCUT2D eigenvalue weighted by Gasteiger charge is 2.24. The highest BCUT2D eigenvalue weighted by Crippen LogP contribution is 2.19. The molecule has 1 aromatic carbocycles. The second-order valence-corrected chi connectivity index (χ2v) is 8.01. The van der Waals surface area contributed by atoms with E-state index in [0.29, 0.717) is 30.6 Å². The molecule has 0 saturated heterocycles. The Balaban J connectivity index is 2.14. The largest absolute Gasteiger partial charge is 0.466 e. The Labute approximate surface area is 178 Å². The lowest BCUT2D eigenvalue weighted by Gasteiger charge is -2.32. The van der Waals surface area contributed by atoms with Crippen LogP contribution in [0.15, 0.2) is 42.6 Å². The van der Waals surface area contributed by atoms with Gasteiger partial charge in [0.05, 0.1) is 19.6 Å². The molecule has 0 radical (unpaired) electrons. The van der Waals surface area contributed by atoms with Gasteiger partial charge in [0.2, 0.25) is 5.91 Å². The molecule has 1 aromatic heterocycles. The van der Waals surface area contributed by atoms with E-state index in [-0.39, 0.29) is 30.8 Å². The fraction of sp³-hybridized carbons (Fsp3) is 0.478. The normalized spacial score (nSPS) is 12.1. The van der Waals surface area contributed by atoms with Crippen molar-refractivity contribution < 1.29 is 14.3 Å². The maximum absolute atomic E-state index is 12.9. The zero-order valence-electron chi connectivity index (χ0n) is 17.7. The van der Waals surface area contributed by atoms with Crippen LogP contribution in [0.5, 0.6) is 0 Å². The molecule has 0 aliphatic carbocycles. The first-order valence-electron chi connectivity index (χ1n) is 10.1. The van der Waals surface area contributed by atoms with E-state index >= 15 is 0 Å². The quantitative estimate of drug-likeness (QED) is 0.515. The minimum Gasteiger partial charge on any atom is -0.466 e. The van der Waals surface area contributed by atoms with Gasteiger partial charge in [-0.3, -0.25) is 9.59 Å². The van der Waals surface area contributed by atoms with Crippen molar-refractivity contribution in [3.05, 3.63) is 58.9 Å². The Morgan fingerprint density at radius 1 is 1.14 bits per heavy atom. The smallest absolute Gasteiger partial charge is 0.306 e. The Morgan fingerprint density at radius 3 is 2.55 bits per heavy atom. The maximum atomic E-state index is 12.9. The molecule has 1 heterocycles. The molecule has 0 bridgehead atoms. The molecule has 0 N–H and O–H groups in total. The van der Waals surface area contributed by atoms with E-state index in [2.05, 4.69) is 25.3 Å². The van der Waals surface area contributed by atoms with Crippen LogP contribution >= 0.6 is 11.6 Å². The predicted molar refractivity (Wildman–Crippen MR) is 116 cm³/mol. The summed E-state index contributed by atoms with van der Waals surface area (Å²) in [6.45, 7) is 9.52. The summed E-state index contributed by atoms with van der Waals surface area (Å²) in [6, 6.07) is 11.9. The van der Waals surface area contributed by atoms with Crippen LogP contribution in [0, 0.1) is 5.92 Å². The number of hydrogen-bond acceptors (Lipinski definition) is 3. The number of carbonyl (C=O) groups excluding carboxylic acids is 2. The van der Waals surface area contributed by atoms with Gasteiger partial charge in [0.25, 0.3) is 0 Å². The monoisotopic (exact) mass is 418 g/mol. The topological polar surface area (TPSA) is 51.5 Å². The Kier molecular flexibility index (Phi) is 8.77. The number of amides is 1. The van der Waals surface area contributed by atoms with Gasteiger partial charge in [0.15, 0.2) is 0 Å². The summed E-state index contributed by atoms with van der Waals surface area (Å²) in [5.41, 5.74) is 2.15. The first-order chi connectivity index (χ1) is 13.8. The van der Waals surface area contributed by atoms with Crippen LogP contribution in [0.1, 0.15) is 51.8 Å². The first kappa shape index (κ1) is 23.0. The van der Waals surface area contributed by atoms with Gasteiger partial charge in [-0.25, -0.2) is 0 Å². The molecular weight excluding hydrogens is 388 g/mol. The highest BCUT2D eigenvalue weighted by molar-refractivity contribution is 6.30. The van der Waals surface area contributed by atoms with Crippen molar-refractivity contribution in [1.82, 2.24) is 9.47 Å². The minimum atomic E-state index is -0.331. The zero-order valence-corrected chi connectivity index (χ0v) is 18.5. The summed E-state index contributed by atoms with van der Waals surface area (Å²) in [5.74, 6) is -0.0602. The lowest BCUT2D eigenvalue weighted by atomic mass is 10.0. The van der Waals surface area contributed by atoms with Crippen molar-refractivity contribution in [3.63, 3.8) is 0 Å². The van der Waals surface area contributed by atoms with Crippen molar-refractivity contribution in [2.75, 3.05) is 6.61 Å². The van der Waals surface area contributed by atoms with Gasteiger partial charge in [-0.05, 0) is 49.6 Å². The number of benzene rings is 1. The Hall–Kier alpha value is -2.27. The van der Waals surface area contributed by atoms with Crippen molar-refractivity contribution in [1.29, 1.82) is 0 Å². The predicted octanol–water partition coefficient (Wildman–Crippen LogP) is 4.91. The molecule has 2 rings (SSSR count).